The van der Waals surface area contributed by atoms with Gasteiger partial charge in [0.05, 0.1) is 24.9 Å². The van der Waals surface area contributed by atoms with Gasteiger partial charge in [-0.05, 0) is 19.4 Å². The second kappa shape index (κ2) is 5.17. The molecular weight excluding hydrogens is 214 g/mol. The van der Waals surface area contributed by atoms with Crippen LogP contribution in [0.4, 0.5) is 0 Å². The van der Waals surface area contributed by atoms with Crippen molar-refractivity contribution in [2.24, 2.45) is 0 Å². The average molecular weight is 235 g/mol. The lowest BCUT2D eigenvalue weighted by atomic mass is 9.96. The van der Waals surface area contributed by atoms with E-state index in [2.05, 4.69) is 29.2 Å². The van der Waals surface area contributed by atoms with Crippen LogP contribution in [-0.2, 0) is 11.3 Å². The fourth-order valence-corrected chi connectivity index (χ4v) is 2.30. The highest BCUT2D eigenvalue weighted by molar-refractivity contribution is 5.15. The van der Waals surface area contributed by atoms with E-state index in [0.717, 1.165) is 19.7 Å². The summed E-state index contributed by atoms with van der Waals surface area (Å²) in [6.07, 6.45) is 0. The molecular formula is C14H21NO2. The van der Waals surface area contributed by atoms with E-state index in [4.69, 9.17) is 4.74 Å². The highest BCUT2D eigenvalue weighted by atomic mass is 16.5. The number of ether oxygens (including phenoxy) is 1. The quantitative estimate of drug-likeness (QED) is 0.865. The third-order valence-corrected chi connectivity index (χ3v) is 3.28. The lowest BCUT2D eigenvalue weighted by Gasteiger charge is -2.42. The molecule has 1 atom stereocenters. The second-order valence-electron chi connectivity index (χ2n) is 5.20. The number of nitrogens with zero attached hydrogens (tertiary/aromatic N) is 1. The maximum atomic E-state index is 10.2. The summed E-state index contributed by atoms with van der Waals surface area (Å²) >= 11 is 0. The molecule has 1 aromatic carbocycles. The van der Waals surface area contributed by atoms with Gasteiger partial charge in [0.25, 0.3) is 0 Å². The molecule has 0 radical (unpaired) electrons. The van der Waals surface area contributed by atoms with Crippen molar-refractivity contribution < 1.29 is 9.84 Å². The molecule has 0 aromatic heterocycles. The van der Waals surface area contributed by atoms with Crippen molar-refractivity contribution in [3.05, 3.63) is 35.9 Å². The molecule has 0 aliphatic carbocycles. The largest absolute Gasteiger partial charge is 0.389 e. The van der Waals surface area contributed by atoms with Crippen molar-refractivity contribution in [3.63, 3.8) is 0 Å². The molecule has 0 spiro atoms. The van der Waals surface area contributed by atoms with Gasteiger partial charge in [0, 0.05) is 13.1 Å². The first-order valence-electron chi connectivity index (χ1n) is 6.15. The zero-order valence-electron chi connectivity index (χ0n) is 10.6. The van der Waals surface area contributed by atoms with Crippen molar-refractivity contribution in [2.45, 2.75) is 32.0 Å². The monoisotopic (exact) mass is 235 g/mol. The Kier molecular flexibility index (Phi) is 3.82. The van der Waals surface area contributed by atoms with Gasteiger partial charge in [-0.3, -0.25) is 4.90 Å². The molecule has 3 heteroatoms. The van der Waals surface area contributed by atoms with E-state index in [0.29, 0.717) is 6.61 Å². The Morgan fingerprint density at radius 3 is 2.71 bits per heavy atom. The number of morpholine rings is 1. The van der Waals surface area contributed by atoms with Crippen LogP contribution in [0.2, 0.25) is 0 Å². The molecule has 94 valence electrons. The van der Waals surface area contributed by atoms with Gasteiger partial charge in [-0.15, -0.1) is 0 Å². The summed E-state index contributed by atoms with van der Waals surface area (Å²) in [5.74, 6) is 0. The average Bonchev–Trinajstić information content (AvgIpc) is 2.30. The molecule has 0 bridgehead atoms. The van der Waals surface area contributed by atoms with E-state index in [-0.39, 0.29) is 6.04 Å². The van der Waals surface area contributed by atoms with Crippen LogP contribution in [0, 0.1) is 0 Å². The fourth-order valence-electron chi connectivity index (χ4n) is 2.30. The van der Waals surface area contributed by atoms with Gasteiger partial charge in [0.1, 0.15) is 0 Å². The van der Waals surface area contributed by atoms with Gasteiger partial charge in [-0.25, -0.2) is 0 Å². The van der Waals surface area contributed by atoms with Crippen molar-refractivity contribution >= 4 is 0 Å². The zero-order valence-corrected chi connectivity index (χ0v) is 10.6. The summed E-state index contributed by atoms with van der Waals surface area (Å²) in [6.45, 7) is 6.81. The third-order valence-electron chi connectivity index (χ3n) is 3.28. The first-order chi connectivity index (χ1) is 8.07. The minimum Gasteiger partial charge on any atom is -0.389 e. The standard InChI is InChI=1S/C14H21NO2/c1-14(2,16)13-11-17-9-8-15(13)10-12-6-4-3-5-7-12/h3-7,13,16H,8-11H2,1-2H3/t13-/m0/s1. The van der Waals surface area contributed by atoms with E-state index in [1.54, 1.807) is 0 Å². The Balaban J connectivity index is 2.07. The normalized spacial score (nSPS) is 22.6. The van der Waals surface area contributed by atoms with Crippen LogP contribution in [-0.4, -0.2) is 41.4 Å². The minimum atomic E-state index is -0.727. The Morgan fingerprint density at radius 2 is 2.06 bits per heavy atom. The number of aliphatic hydroxyl groups is 1. The van der Waals surface area contributed by atoms with E-state index in [1.165, 1.54) is 5.56 Å². The van der Waals surface area contributed by atoms with Crippen molar-refractivity contribution in [3.8, 4) is 0 Å². The van der Waals surface area contributed by atoms with Crippen LogP contribution >= 0.6 is 0 Å². The number of hydrogen-bond donors (Lipinski definition) is 1. The SMILES string of the molecule is CC(C)(O)[C@@H]1COCCN1Cc1ccccc1. The molecule has 1 aliphatic rings. The number of benzene rings is 1. The van der Waals surface area contributed by atoms with E-state index in [1.807, 2.05) is 19.9 Å². The van der Waals surface area contributed by atoms with Crippen LogP contribution < -0.4 is 0 Å². The summed E-state index contributed by atoms with van der Waals surface area (Å²) in [6, 6.07) is 10.4. The molecule has 1 saturated heterocycles. The van der Waals surface area contributed by atoms with Crippen molar-refractivity contribution in [1.29, 1.82) is 0 Å². The van der Waals surface area contributed by atoms with Gasteiger partial charge < -0.3 is 9.84 Å². The Labute approximate surface area is 103 Å². The van der Waals surface area contributed by atoms with Gasteiger partial charge in [-0.2, -0.15) is 0 Å². The Hall–Kier alpha value is -0.900. The molecule has 1 fully saturated rings. The van der Waals surface area contributed by atoms with Crippen LogP contribution in [0.5, 0.6) is 0 Å². The molecule has 2 rings (SSSR count). The molecule has 1 N–H and O–H groups in total. The molecule has 1 aliphatic heterocycles. The Morgan fingerprint density at radius 1 is 1.35 bits per heavy atom. The molecule has 1 aromatic rings. The van der Waals surface area contributed by atoms with Gasteiger partial charge in [0.2, 0.25) is 0 Å². The minimum absolute atomic E-state index is 0.0662. The zero-order chi connectivity index (χ0) is 12.3. The number of rotatable bonds is 3. The summed E-state index contributed by atoms with van der Waals surface area (Å²) in [5.41, 5.74) is 0.554. The van der Waals surface area contributed by atoms with Crippen LogP contribution in [0.15, 0.2) is 30.3 Å². The highest BCUT2D eigenvalue weighted by Gasteiger charge is 2.34. The Bertz CT molecular complexity index is 345. The predicted octanol–water partition coefficient (Wildman–Crippen LogP) is 1.66. The predicted molar refractivity (Wildman–Crippen MR) is 67.8 cm³/mol. The summed E-state index contributed by atoms with van der Waals surface area (Å²) in [5, 5.41) is 10.2. The second-order valence-corrected chi connectivity index (χ2v) is 5.20. The smallest absolute Gasteiger partial charge is 0.0768 e. The van der Waals surface area contributed by atoms with Crippen LogP contribution in [0.25, 0.3) is 0 Å². The lowest BCUT2D eigenvalue weighted by Crippen LogP contribution is -2.55. The van der Waals surface area contributed by atoms with Crippen molar-refractivity contribution in [1.82, 2.24) is 4.90 Å². The lowest BCUT2D eigenvalue weighted by molar-refractivity contribution is -0.0981. The van der Waals surface area contributed by atoms with E-state index >= 15 is 0 Å². The van der Waals surface area contributed by atoms with Crippen molar-refractivity contribution in [2.75, 3.05) is 19.8 Å². The van der Waals surface area contributed by atoms with Crippen LogP contribution in [0.1, 0.15) is 19.4 Å². The maximum absolute atomic E-state index is 10.2. The van der Waals surface area contributed by atoms with Crippen LogP contribution in [0.3, 0.4) is 0 Å². The summed E-state index contributed by atoms with van der Waals surface area (Å²) in [4.78, 5) is 2.30. The first kappa shape index (κ1) is 12.6. The van der Waals surface area contributed by atoms with E-state index in [9.17, 15) is 5.11 Å². The molecule has 0 amide bonds. The highest BCUT2D eigenvalue weighted by Crippen LogP contribution is 2.21. The molecule has 0 saturated carbocycles. The summed E-state index contributed by atoms with van der Waals surface area (Å²) < 4.78 is 5.47. The fraction of sp³-hybridized carbons (Fsp3) is 0.571. The van der Waals surface area contributed by atoms with Gasteiger partial charge in [-0.1, -0.05) is 30.3 Å². The first-order valence-corrected chi connectivity index (χ1v) is 6.15. The van der Waals surface area contributed by atoms with E-state index < -0.39 is 5.60 Å². The third kappa shape index (κ3) is 3.28. The molecule has 17 heavy (non-hydrogen) atoms. The van der Waals surface area contributed by atoms with Gasteiger partial charge in [0.15, 0.2) is 0 Å². The molecule has 1 heterocycles. The summed E-state index contributed by atoms with van der Waals surface area (Å²) in [7, 11) is 0. The molecule has 0 unspecified atom stereocenters. The molecule has 3 nitrogen and oxygen atoms in total. The number of hydrogen-bond acceptors (Lipinski definition) is 3. The maximum Gasteiger partial charge on any atom is 0.0768 e. The van der Waals surface area contributed by atoms with Gasteiger partial charge >= 0.3 is 0 Å². The topological polar surface area (TPSA) is 32.7 Å².